The Labute approximate surface area is 187 Å². The van der Waals surface area contributed by atoms with Crippen molar-refractivity contribution in [3.8, 4) is 5.75 Å². The molecular weight excluding hydrogens is 430 g/mol. The van der Waals surface area contributed by atoms with Crippen LogP contribution in [0.1, 0.15) is 11.1 Å². The van der Waals surface area contributed by atoms with Crippen molar-refractivity contribution in [1.29, 1.82) is 0 Å². The standard InChI is InChI=1S/C23H21N3O3S2/c1-15-8-9-19(29-2)18(12-15)24-20(27)14-31-23-25-17-10-11-30-21(17)22(28)26(23)13-16-6-4-3-5-7-16/h3-12H,13-14H2,1-2H3,(H,24,27). The lowest BCUT2D eigenvalue weighted by molar-refractivity contribution is -0.113. The van der Waals surface area contributed by atoms with Crippen LogP contribution in [0.3, 0.4) is 0 Å². The topological polar surface area (TPSA) is 73.2 Å². The molecule has 2 aromatic heterocycles. The normalized spacial score (nSPS) is 10.9. The summed E-state index contributed by atoms with van der Waals surface area (Å²) in [6.45, 7) is 2.35. The van der Waals surface area contributed by atoms with E-state index in [1.807, 2.05) is 66.9 Å². The molecule has 0 unspecified atom stereocenters. The summed E-state index contributed by atoms with van der Waals surface area (Å²) in [5, 5.41) is 5.27. The van der Waals surface area contributed by atoms with Crippen molar-refractivity contribution in [3.63, 3.8) is 0 Å². The third kappa shape index (κ3) is 4.81. The van der Waals surface area contributed by atoms with Crippen molar-refractivity contribution < 1.29 is 9.53 Å². The number of thioether (sulfide) groups is 1. The minimum Gasteiger partial charge on any atom is -0.495 e. The fourth-order valence-electron chi connectivity index (χ4n) is 3.17. The van der Waals surface area contributed by atoms with E-state index in [0.717, 1.165) is 11.1 Å². The van der Waals surface area contributed by atoms with E-state index in [2.05, 4.69) is 10.3 Å². The lowest BCUT2D eigenvalue weighted by Crippen LogP contribution is -2.24. The van der Waals surface area contributed by atoms with Gasteiger partial charge in [0.25, 0.3) is 5.56 Å². The summed E-state index contributed by atoms with van der Waals surface area (Å²) in [7, 11) is 1.57. The van der Waals surface area contributed by atoms with Crippen LogP contribution >= 0.6 is 23.1 Å². The van der Waals surface area contributed by atoms with Gasteiger partial charge in [-0.2, -0.15) is 0 Å². The Morgan fingerprint density at radius 2 is 2.00 bits per heavy atom. The number of hydrogen-bond acceptors (Lipinski definition) is 6. The van der Waals surface area contributed by atoms with Crippen molar-refractivity contribution >= 4 is 44.9 Å². The van der Waals surface area contributed by atoms with Crippen LogP contribution < -0.4 is 15.6 Å². The molecule has 4 aromatic rings. The van der Waals surface area contributed by atoms with E-state index >= 15 is 0 Å². The van der Waals surface area contributed by atoms with Crippen molar-refractivity contribution in [2.45, 2.75) is 18.6 Å². The molecule has 0 aliphatic carbocycles. The second kappa shape index (κ2) is 9.36. The molecule has 0 radical (unpaired) electrons. The summed E-state index contributed by atoms with van der Waals surface area (Å²) < 4.78 is 7.58. The number of anilines is 1. The number of carbonyl (C=O) groups is 1. The van der Waals surface area contributed by atoms with Gasteiger partial charge in [-0.25, -0.2) is 4.98 Å². The fraction of sp³-hybridized carbons (Fsp3) is 0.174. The zero-order valence-corrected chi connectivity index (χ0v) is 18.8. The molecule has 1 N–H and O–H groups in total. The largest absolute Gasteiger partial charge is 0.495 e. The van der Waals surface area contributed by atoms with Crippen molar-refractivity contribution in [3.05, 3.63) is 81.5 Å². The predicted molar refractivity (Wildman–Crippen MR) is 127 cm³/mol. The second-order valence-electron chi connectivity index (χ2n) is 6.95. The maximum atomic E-state index is 13.1. The van der Waals surface area contributed by atoms with E-state index in [0.29, 0.717) is 33.4 Å². The highest BCUT2D eigenvalue weighted by Crippen LogP contribution is 2.26. The molecule has 1 amide bonds. The highest BCUT2D eigenvalue weighted by Gasteiger charge is 2.15. The Morgan fingerprint density at radius 3 is 2.77 bits per heavy atom. The maximum Gasteiger partial charge on any atom is 0.272 e. The highest BCUT2D eigenvalue weighted by molar-refractivity contribution is 7.99. The van der Waals surface area contributed by atoms with Crippen molar-refractivity contribution in [1.82, 2.24) is 9.55 Å². The molecule has 0 saturated carbocycles. The summed E-state index contributed by atoms with van der Waals surface area (Å²) in [5.74, 6) is 0.524. The average Bonchev–Trinajstić information content (AvgIpc) is 3.24. The van der Waals surface area contributed by atoms with Gasteiger partial charge in [-0.15, -0.1) is 11.3 Å². The van der Waals surface area contributed by atoms with E-state index in [4.69, 9.17) is 4.74 Å². The fourth-order valence-corrected chi connectivity index (χ4v) is 4.75. The van der Waals surface area contributed by atoms with Crippen LogP contribution in [-0.2, 0) is 11.3 Å². The monoisotopic (exact) mass is 451 g/mol. The molecule has 6 nitrogen and oxygen atoms in total. The van der Waals surface area contributed by atoms with Gasteiger partial charge in [0, 0.05) is 0 Å². The Bertz CT molecular complexity index is 1280. The van der Waals surface area contributed by atoms with E-state index in [9.17, 15) is 9.59 Å². The van der Waals surface area contributed by atoms with Crippen LogP contribution in [0.4, 0.5) is 5.69 Å². The van der Waals surface area contributed by atoms with E-state index < -0.39 is 0 Å². The Kier molecular flexibility index (Phi) is 6.39. The molecule has 8 heteroatoms. The number of carbonyl (C=O) groups excluding carboxylic acids is 1. The molecule has 2 aromatic carbocycles. The number of aromatic nitrogens is 2. The number of benzene rings is 2. The summed E-state index contributed by atoms with van der Waals surface area (Å²) in [5.41, 5.74) is 3.20. The summed E-state index contributed by atoms with van der Waals surface area (Å²) in [6, 6.07) is 17.2. The molecule has 158 valence electrons. The van der Waals surface area contributed by atoms with Crippen LogP contribution in [0.2, 0.25) is 0 Å². The number of methoxy groups -OCH3 is 1. The van der Waals surface area contributed by atoms with Gasteiger partial charge in [-0.05, 0) is 41.6 Å². The van der Waals surface area contributed by atoms with Crippen LogP contribution in [0, 0.1) is 6.92 Å². The van der Waals surface area contributed by atoms with Gasteiger partial charge in [0.15, 0.2) is 5.16 Å². The average molecular weight is 452 g/mol. The number of nitrogens with one attached hydrogen (secondary N) is 1. The molecule has 0 saturated heterocycles. The van der Waals surface area contributed by atoms with Crippen LogP contribution in [-0.4, -0.2) is 28.3 Å². The Hall–Kier alpha value is -3.10. The molecule has 4 rings (SSSR count). The van der Waals surface area contributed by atoms with Crippen LogP contribution in [0.25, 0.3) is 10.2 Å². The zero-order chi connectivity index (χ0) is 21.8. The molecular formula is C23H21N3O3S2. The Morgan fingerprint density at radius 1 is 1.19 bits per heavy atom. The smallest absolute Gasteiger partial charge is 0.272 e. The van der Waals surface area contributed by atoms with Crippen LogP contribution in [0.15, 0.2) is 69.9 Å². The number of nitrogens with zero attached hydrogens (tertiary/aromatic N) is 2. The number of hydrogen-bond donors (Lipinski definition) is 1. The number of thiophene rings is 1. The van der Waals surface area contributed by atoms with Crippen molar-refractivity contribution in [2.24, 2.45) is 0 Å². The van der Waals surface area contributed by atoms with Gasteiger partial charge in [0.1, 0.15) is 10.4 Å². The van der Waals surface area contributed by atoms with Crippen molar-refractivity contribution in [2.75, 3.05) is 18.2 Å². The maximum absolute atomic E-state index is 13.1. The molecule has 0 spiro atoms. The SMILES string of the molecule is COc1ccc(C)cc1NC(=O)CSc1nc2ccsc2c(=O)n1Cc1ccccc1. The third-order valence-electron chi connectivity index (χ3n) is 4.68. The van der Waals surface area contributed by atoms with Gasteiger partial charge in [-0.1, -0.05) is 48.2 Å². The van der Waals surface area contributed by atoms with E-state index in [-0.39, 0.29) is 17.2 Å². The highest BCUT2D eigenvalue weighted by atomic mass is 32.2. The van der Waals surface area contributed by atoms with Gasteiger partial charge >= 0.3 is 0 Å². The number of amides is 1. The molecule has 31 heavy (non-hydrogen) atoms. The van der Waals surface area contributed by atoms with Crippen LogP contribution in [0.5, 0.6) is 5.75 Å². The zero-order valence-electron chi connectivity index (χ0n) is 17.1. The number of fused-ring (bicyclic) bond motifs is 1. The van der Waals surface area contributed by atoms with E-state index in [1.54, 1.807) is 11.7 Å². The van der Waals surface area contributed by atoms with Gasteiger partial charge in [-0.3, -0.25) is 14.2 Å². The molecule has 0 aliphatic heterocycles. The minimum absolute atomic E-state index is 0.0906. The first-order valence-corrected chi connectivity index (χ1v) is 11.5. The molecule has 0 atom stereocenters. The predicted octanol–water partition coefficient (Wildman–Crippen LogP) is 4.55. The first-order valence-electron chi connectivity index (χ1n) is 9.64. The number of ether oxygens (including phenoxy) is 1. The van der Waals surface area contributed by atoms with Gasteiger partial charge < -0.3 is 10.1 Å². The second-order valence-corrected chi connectivity index (χ2v) is 8.81. The lowest BCUT2D eigenvalue weighted by atomic mass is 10.2. The first kappa shape index (κ1) is 21.1. The number of rotatable bonds is 7. The summed E-state index contributed by atoms with van der Waals surface area (Å²) >= 11 is 2.63. The summed E-state index contributed by atoms with van der Waals surface area (Å²) in [6.07, 6.45) is 0. The summed E-state index contributed by atoms with van der Waals surface area (Å²) in [4.78, 5) is 30.4. The minimum atomic E-state index is -0.195. The quantitative estimate of drug-likeness (QED) is 0.330. The Balaban J connectivity index is 1.58. The molecule has 2 heterocycles. The van der Waals surface area contributed by atoms with Gasteiger partial charge in [0.2, 0.25) is 5.91 Å². The molecule has 0 bridgehead atoms. The van der Waals surface area contributed by atoms with Gasteiger partial charge in [0.05, 0.1) is 30.6 Å². The number of aryl methyl sites for hydroxylation is 1. The van der Waals surface area contributed by atoms with E-state index in [1.165, 1.54) is 23.1 Å². The molecule has 0 fully saturated rings. The third-order valence-corrected chi connectivity index (χ3v) is 6.54. The lowest BCUT2D eigenvalue weighted by Gasteiger charge is -2.13. The first-order chi connectivity index (χ1) is 15.0. The molecule has 0 aliphatic rings.